The van der Waals surface area contributed by atoms with Crippen LogP contribution in [0.1, 0.15) is 114 Å². The fourth-order valence-electron chi connectivity index (χ4n) is 8.13. The van der Waals surface area contributed by atoms with Crippen LogP contribution in [-0.4, -0.2) is 40.0 Å². The molecule has 0 saturated heterocycles. The van der Waals surface area contributed by atoms with E-state index in [0.717, 1.165) is 39.8 Å². The molecule has 0 amide bonds. The van der Waals surface area contributed by atoms with Gasteiger partial charge in [0, 0.05) is 12.8 Å². The summed E-state index contributed by atoms with van der Waals surface area (Å²) in [5.41, 5.74) is 5.86. The molecule has 4 heteroatoms. The second kappa shape index (κ2) is 14.9. The second-order valence-electron chi connectivity index (χ2n) is 12.7. The average molecular weight is 517 g/mol. The van der Waals surface area contributed by atoms with E-state index in [1.54, 1.807) is 0 Å². The van der Waals surface area contributed by atoms with Crippen molar-refractivity contribution in [2.75, 3.05) is 13.1 Å². The maximum Gasteiger partial charge on any atom is 0.129 e. The summed E-state index contributed by atoms with van der Waals surface area (Å²) in [5.74, 6) is 0. The Kier molecular flexibility index (Phi) is 13.7. The predicted octanol–water partition coefficient (Wildman–Crippen LogP) is 10.3. The zero-order valence-electron chi connectivity index (χ0n) is 25.6. The maximum atomic E-state index is 4.67. The van der Waals surface area contributed by atoms with Gasteiger partial charge >= 0.3 is 0 Å². The van der Waals surface area contributed by atoms with Gasteiger partial charge in [-0.1, -0.05) is 126 Å². The van der Waals surface area contributed by atoms with Crippen LogP contribution in [0.25, 0.3) is 0 Å². The zero-order valence-corrected chi connectivity index (χ0v) is 27.6. The molecule has 35 heavy (non-hydrogen) atoms. The number of unbranched alkanes of at least 4 members (excludes halogenated alkanes) is 3. The van der Waals surface area contributed by atoms with Crippen molar-refractivity contribution < 1.29 is 0 Å². The second-order valence-corrected chi connectivity index (χ2v) is 24.7. The fraction of sp³-hybridized carbons (Fsp3) is 0.774. The molecular weight excluding hydrogens is 457 g/mol. The third kappa shape index (κ3) is 7.41. The van der Waals surface area contributed by atoms with Gasteiger partial charge in [0.25, 0.3) is 0 Å². The third-order valence-corrected chi connectivity index (χ3v) is 24.7. The van der Waals surface area contributed by atoms with E-state index in [1.165, 1.54) is 37.8 Å². The van der Waals surface area contributed by atoms with E-state index >= 15 is 0 Å². The lowest BCUT2D eigenvalue weighted by Crippen LogP contribution is -2.73. The zero-order chi connectivity index (χ0) is 26.8. The van der Waals surface area contributed by atoms with Gasteiger partial charge in [-0.3, -0.25) is 4.99 Å². The number of nitrogens with zero attached hydrogens (tertiary/aromatic N) is 2. The van der Waals surface area contributed by atoms with Crippen LogP contribution in [0, 0.1) is 0 Å². The molecule has 0 radical (unpaired) electrons. The predicted molar refractivity (Wildman–Crippen MR) is 166 cm³/mol. The number of hydrogen-bond donors (Lipinski definition) is 0. The number of hydrogen-bond acceptors (Lipinski definition) is 2. The van der Waals surface area contributed by atoms with Gasteiger partial charge in [0.05, 0.1) is 0 Å². The topological polar surface area (TPSA) is 15.6 Å². The summed E-state index contributed by atoms with van der Waals surface area (Å²) in [6.07, 6.45) is 7.19. The van der Waals surface area contributed by atoms with Crippen molar-refractivity contribution in [1.82, 2.24) is 4.23 Å². The van der Waals surface area contributed by atoms with Crippen molar-refractivity contribution in [2.24, 2.45) is 4.99 Å². The molecule has 1 aromatic carbocycles. The molecular formula is C31H60N2Si2. The molecule has 2 nitrogen and oxygen atoms in total. The highest BCUT2D eigenvalue weighted by Crippen LogP contribution is 2.53. The van der Waals surface area contributed by atoms with Crippen LogP contribution in [-0.2, 0) is 0 Å². The molecule has 0 atom stereocenters. The average Bonchev–Trinajstić information content (AvgIpc) is 2.75. The summed E-state index contributed by atoms with van der Waals surface area (Å²) in [6.45, 7) is 33.0. The first kappa shape index (κ1) is 32.3. The van der Waals surface area contributed by atoms with Gasteiger partial charge in [-0.2, -0.15) is 0 Å². The van der Waals surface area contributed by atoms with Crippen LogP contribution in [0.15, 0.2) is 35.3 Å². The van der Waals surface area contributed by atoms with E-state index in [-0.39, 0.29) is 0 Å². The van der Waals surface area contributed by atoms with E-state index in [0.29, 0.717) is 0 Å². The van der Waals surface area contributed by atoms with Crippen LogP contribution >= 0.6 is 0 Å². The summed E-state index contributed by atoms with van der Waals surface area (Å²) in [4.78, 5) is 4.67. The Balaban J connectivity index is 3.08. The normalized spacial score (nSPS) is 13.8. The molecule has 1 aromatic rings. The summed E-state index contributed by atoms with van der Waals surface area (Å²) in [6, 6.07) is 10.5. The standard InChI is InChI=1S/C31H60N2Si2/c1-25(2)34(26(3)4,27(5)6)33(35(28(7)8,29(9)10)30(11)12)23-19-14-13-18-22-32-24-31-20-16-15-17-21-31/h15-17,20-21,24-30H,13-14,18-19,22-23H2,1-12H3. The molecule has 0 bridgehead atoms. The number of benzene rings is 1. The van der Waals surface area contributed by atoms with E-state index in [1.807, 2.05) is 6.21 Å². The lowest BCUT2D eigenvalue weighted by molar-refractivity contribution is 0.471. The van der Waals surface area contributed by atoms with Crippen LogP contribution in [0.5, 0.6) is 0 Å². The van der Waals surface area contributed by atoms with E-state index < -0.39 is 16.5 Å². The van der Waals surface area contributed by atoms with Crippen molar-refractivity contribution >= 4 is 22.7 Å². The molecule has 1 rings (SSSR count). The largest absolute Gasteiger partial charge is 0.344 e. The first-order valence-corrected chi connectivity index (χ1v) is 19.1. The van der Waals surface area contributed by atoms with Gasteiger partial charge in [0.15, 0.2) is 0 Å². The van der Waals surface area contributed by atoms with E-state index in [9.17, 15) is 0 Å². The number of aliphatic imine (C=N–C) groups is 1. The Labute approximate surface area is 222 Å². The first-order valence-electron chi connectivity index (χ1n) is 14.7. The molecule has 0 N–H and O–H groups in total. The Morgan fingerprint density at radius 3 is 1.40 bits per heavy atom. The maximum absolute atomic E-state index is 4.67. The number of rotatable bonds is 16. The molecule has 0 unspecified atom stereocenters. The minimum absolute atomic E-state index is 0.776. The minimum Gasteiger partial charge on any atom is -0.344 e. The summed E-state index contributed by atoms with van der Waals surface area (Å²) in [5, 5.41) is 0. The van der Waals surface area contributed by atoms with Gasteiger partial charge < -0.3 is 4.23 Å². The van der Waals surface area contributed by atoms with Gasteiger partial charge in [0.2, 0.25) is 0 Å². The molecule has 0 aliphatic rings. The Morgan fingerprint density at radius 2 is 1.00 bits per heavy atom. The summed E-state index contributed by atoms with van der Waals surface area (Å²) < 4.78 is 3.34. The van der Waals surface area contributed by atoms with Gasteiger partial charge in [-0.05, 0) is 58.2 Å². The molecule has 0 fully saturated rings. The fourth-order valence-corrected chi connectivity index (χ4v) is 28.3. The van der Waals surface area contributed by atoms with Gasteiger partial charge in [-0.15, -0.1) is 0 Å². The molecule has 0 aliphatic carbocycles. The van der Waals surface area contributed by atoms with Crippen LogP contribution in [0.3, 0.4) is 0 Å². The highest BCUT2D eigenvalue weighted by Gasteiger charge is 2.58. The molecule has 202 valence electrons. The van der Waals surface area contributed by atoms with Crippen LogP contribution < -0.4 is 0 Å². The Bertz CT molecular complexity index is 647. The lowest BCUT2D eigenvalue weighted by Gasteiger charge is -2.63. The van der Waals surface area contributed by atoms with Gasteiger partial charge in [0.1, 0.15) is 16.5 Å². The summed E-state index contributed by atoms with van der Waals surface area (Å²) in [7, 11) is -3.46. The summed E-state index contributed by atoms with van der Waals surface area (Å²) >= 11 is 0. The highest BCUT2D eigenvalue weighted by atomic mass is 28.4. The minimum atomic E-state index is -1.73. The smallest absolute Gasteiger partial charge is 0.129 e. The molecule has 0 heterocycles. The van der Waals surface area contributed by atoms with Crippen molar-refractivity contribution in [3.63, 3.8) is 0 Å². The van der Waals surface area contributed by atoms with Crippen LogP contribution in [0.4, 0.5) is 0 Å². The highest BCUT2D eigenvalue weighted by molar-refractivity contribution is 6.96. The first-order chi connectivity index (χ1) is 16.4. The molecule has 0 spiro atoms. The quantitative estimate of drug-likeness (QED) is 0.121. The monoisotopic (exact) mass is 516 g/mol. The van der Waals surface area contributed by atoms with E-state index in [2.05, 4.69) is 123 Å². The molecule has 0 aromatic heterocycles. The van der Waals surface area contributed by atoms with Crippen molar-refractivity contribution in [2.45, 2.75) is 142 Å². The molecule has 0 saturated carbocycles. The molecule has 0 aliphatic heterocycles. The van der Waals surface area contributed by atoms with Crippen molar-refractivity contribution in [3.8, 4) is 0 Å². The third-order valence-electron chi connectivity index (χ3n) is 8.94. The SMILES string of the molecule is CC(C)[Si](C(C)C)(C(C)C)N(CCCCCCN=Cc1ccccc1)[Si](C(C)C)(C(C)C)C(C)C. The van der Waals surface area contributed by atoms with Crippen LogP contribution in [0.2, 0.25) is 33.2 Å². The lowest BCUT2D eigenvalue weighted by atomic mass is 10.2. The van der Waals surface area contributed by atoms with Crippen molar-refractivity contribution in [3.05, 3.63) is 35.9 Å². The van der Waals surface area contributed by atoms with Crippen molar-refractivity contribution in [1.29, 1.82) is 0 Å². The van der Waals surface area contributed by atoms with E-state index in [4.69, 9.17) is 0 Å². The van der Waals surface area contributed by atoms with Gasteiger partial charge in [-0.25, -0.2) is 0 Å². The Hall–Kier alpha value is -0.716. The Morgan fingerprint density at radius 1 is 0.600 bits per heavy atom.